The van der Waals surface area contributed by atoms with Crippen LogP contribution in [0.4, 0.5) is 0 Å². The van der Waals surface area contributed by atoms with Crippen LogP contribution in [0.25, 0.3) is 0 Å². The first-order valence-corrected chi connectivity index (χ1v) is 2.52. The third-order valence-electron chi connectivity index (χ3n) is 1.04. The molecule has 0 amide bonds. The fourth-order valence-corrected chi connectivity index (χ4v) is 0.528. The average molecular weight is 200 g/mol. The van der Waals surface area contributed by atoms with Gasteiger partial charge in [-0.3, -0.25) is 5.01 Å². The molecule has 0 radical (unpaired) electrons. The first-order valence-electron chi connectivity index (χ1n) is 2.52. The second kappa shape index (κ2) is 5.06. The Balaban J connectivity index is 0. The van der Waals surface area contributed by atoms with Crippen molar-refractivity contribution in [3.63, 3.8) is 0 Å². The molecule has 0 aromatic heterocycles. The fraction of sp³-hybridized carbons (Fsp3) is 0.250. The molecule has 66 valence electrons. The minimum absolute atomic E-state index is 0. The minimum atomic E-state index is 0. The molecule has 0 aromatic rings. The van der Waals surface area contributed by atoms with Gasteiger partial charge in [0.05, 0.1) is 6.54 Å². The molecule has 0 saturated heterocycles. The molecule has 0 fully saturated rings. The molecule has 7 heteroatoms. The van der Waals surface area contributed by atoms with Crippen molar-refractivity contribution in [2.75, 3.05) is 6.54 Å². The lowest BCUT2D eigenvalue weighted by molar-refractivity contribution is 0.473. The summed E-state index contributed by atoms with van der Waals surface area (Å²) in [6.07, 6.45) is 1.69. The third kappa shape index (κ3) is 3.31. The van der Waals surface area contributed by atoms with E-state index in [9.17, 15) is 0 Å². The van der Waals surface area contributed by atoms with Crippen LogP contribution in [0, 0.1) is 0 Å². The summed E-state index contributed by atoms with van der Waals surface area (Å²) in [5, 5.41) is 1.32. The van der Waals surface area contributed by atoms with Gasteiger partial charge in [-0.1, -0.05) is 0 Å². The zero-order valence-corrected chi connectivity index (χ0v) is 7.36. The number of hydrogen-bond acceptors (Lipinski definition) is 5. The summed E-state index contributed by atoms with van der Waals surface area (Å²) in [6, 6.07) is 0. The fourth-order valence-electron chi connectivity index (χ4n) is 0.528. The molecular weight excluding hydrogens is 189 g/mol. The molecule has 0 aliphatic carbocycles. The van der Waals surface area contributed by atoms with E-state index < -0.39 is 0 Å². The quantitative estimate of drug-likeness (QED) is 0.443. The van der Waals surface area contributed by atoms with Crippen LogP contribution in [-0.4, -0.2) is 17.5 Å². The Morgan fingerprint density at radius 2 is 1.91 bits per heavy atom. The van der Waals surface area contributed by atoms with Crippen molar-refractivity contribution in [3.8, 4) is 0 Å². The summed E-state index contributed by atoms with van der Waals surface area (Å²) >= 11 is 0. The standard InChI is InChI=1S/C4H9N5.2ClH/c5-3-1-2-9(7)4(6)8-3;;/h1H,2,5,7H2,(H2,6,8);2*1H. The minimum Gasteiger partial charge on any atom is -0.384 e. The van der Waals surface area contributed by atoms with Gasteiger partial charge in [0, 0.05) is 0 Å². The third-order valence-corrected chi connectivity index (χ3v) is 1.04. The van der Waals surface area contributed by atoms with Gasteiger partial charge in [-0.2, -0.15) is 4.99 Å². The van der Waals surface area contributed by atoms with Crippen molar-refractivity contribution in [1.29, 1.82) is 0 Å². The smallest absolute Gasteiger partial charge is 0.212 e. The highest BCUT2D eigenvalue weighted by atomic mass is 35.5. The predicted octanol–water partition coefficient (Wildman–Crippen LogP) is -0.866. The number of halogens is 2. The van der Waals surface area contributed by atoms with Crippen molar-refractivity contribution in [3.05, 3.63) is 11.9 Å². The largest absolute Gasteiger partial charge is 0.384 e. The van der Waals surface area contributed by atoms with Crippen LogP contribution in [0.3, 0.4) is 0 Å². The van der Waals surface area contributed by atoms with E-state index in [1.807, 2.05) is 0 Å². The number of rotatable bonds is 0. The van der Waals surface area contributed by atoms with Crippen molar-refractivity contribution in [2.24, 2.45) is 22.3 Å². The number of hydrogen-bond donors (Lipinski definition) is 3. The van der Waals surface area contributed by atoms with Gasteiger partial charge in [-0.25, -0.2) is 5.84 Å². The zero-order valence-electron chi connectivity index (χ0n) is 5.73. The van der Waals surface area contributed by atoms with Gasteiger partial charge in [0.2, 0.25) is 5.96 Å². The SMILES string of the molecule is Cl.Cl.NC1=CCN(N)C(N)=N1. The first kappa shape index (κ1) is 13.0. The Hall–Kier alpha value is -0.650. The summed E-state index contributed by atoms with van der Waals surface area (Å²) in [5.41, 5.74) is 10.6. The van der Waals surface area contributed by atoms with Gasteiger partial charge < -0.3 is 11.5 Å². The number of nitrogens with zero attached hydrogens (tertiary/aromatic N) is 2. The molecule has 0 spiro atoms. The maximum absolute atomic E-state index is 5.32. The molecule has 1 aliphatic rings. The first-order chi connectivity index (χ1) is 4.20. The summed E-state index contributed by atoms with van der Waals surface area (Å²) in [4.78, 5) is 3.70. The summed E-state index contributed by atoms with van der Waals surface area (Å²) in [5.74, 6) is 6.00. The van der Waals surface area contributed by atoms with Crippen molar-refractivity contribution in [1.82, 2.24) is 5.01 Å². The van der Waals surface area contributed by atoms with Crippen LogP contribution < -0.4 is 17.3 Å². The Bertz CT molecular complexity index is 177. The van der Waals surface area contributed by atoms with Gasteiger partial charge in [-0.05, 0) is 6.08 Å². The van der Waals surface area contributed by atoms with Crippen molar-refractivity contribution < 1.29 is 0 Å². The van der Waals surface area contributed by atoms with Crippen molar-refractivity contribution >= 4 is 30.8 Å². The predicted molar refractivity (Wildman–Crippen MR) is 49.3 cm³/mol. The molecule has 6 N–H and O–H groups in total. The molecule has 0 saturated carbocycles. The molecule has 0 aromatic carbocycles. The van der Waals surface area contributed by atoms with Gasteiger partial charge in [0.25, 0.3) is 0 Å². The monoisotopic (exact) mass is 199 g/mol. The summed E-state index contributed by atoms with van der Waals surface area (Å²) < 4.78 is 0. The van der Waals surface area contributed by atoms with Crippen LogP contribution >= 0.6 is 24.8 Å². The van der Waals surface area contributed by atoms with E-state index in [4.69, 9.17) is 17.3 Å². The van der Waals surface area contributed by atoms with Crippen LogP contribution in [0.1, 0.15) is 0 Å². The Kier molecular flexibility index (Phi) is 5.97. The van der Waals surface area contributed by atoms with E-state index in [2.05, 4.69) is 4.99 Å². The zero-order chi connectivity index (χ0) is 6.85. The lowest BCUT2D eigenvalue weighted by Gasteiger charge is -2.18. The maximum atomic E-state index is 5.32. The Morgan fingerprint density at radius 1 is 1.36 bits per heavy atom. The lowest BCUT2D eigenvalue weighted by Crippen LogP contribution is -2.44. The maximum Gasteiger partial charge on any atom is 0.212 e. The molecule has 1 heterocycles. The number of hydrazine groups is 1. The van der Waals surface area contributed by atoms with Crippen LogP contribution in [0.5, 0.6) is 0 Å². The number of nitrogens with two attached hydrogens (primary N) is 3. The van der Waals surface area contributed by atoms with E-state index in [-0.39, 0.29) is 30.8 Å². The second-order valence-corrected chi connectivity index (χ2v) is 1.75. The highest BCUT2D eigenvalue weighted by Crippen LogP contribution is 1.94. The number of aliphatic imine (C=N–C) groups is 1. The topological polar surface area (TPSA) is 93.7 Å². The van der Waals surface area contributed by atoms with Crippen LogP contribution in [0.2, 0.25) is 0 Å². The van der Waals surface area contributed by atoms with Crippen LogP contribution in [0.15, 0.2) is 16.9 Å². The molecule has 1 rings (SSSR count). The molecule has 0 unspecified atom stereocenters. The Morgan fingerprint density at radius 3 is 2.27 bits per heavy atom. The normalized spacial score (nSPS) is 15.5. The number of guanidine groups is 1. The van der Waals surface area contributed by atoms with E-state index in [1.54, 1.807) is 6.08 Å². The molecule has 11 heavy (non-hydrogen) atoms. The highest BCUT2D eigenvalue weighted by Gasteiger charge is 2.05. The highest BCUT2D eigenvalue weighted by molar-refractivity contribution is 5.85. The molecule has 0 bridgehead atoms. The molecule has 0 atom stereocenters. The van der Waals surface area contributed by atoms with E-state index in [0.717, 1.165) is 0 Å². The summed E-state index contributed by atoms with van der Waals surface area (Å²) in [7, 11) is 0. The molecule has 5 nitrogen and oxygen atoms in total. The van der Waals surface area contributed by atoms with Gasteiger partial charge in [-0.15, -0.1) is 24.8 Å². The van der Waals surface area contributed by atoms with Crippen molar-refractivity contribution in [2.45, 2.75) is 0 Å². The van der Waals surface area contributed by atoms with Gasteiger partial charge >= 0.3 is 0 Å². The second-order valence-electron chi connectivity index (χ2n) is 1.75. The molecule has 1 aliphatic heterocycles. The summed E-state index contributed by atoms with van der Waals surface area (Å²) in [6.45, 7) is 0.529. The Labute approximate surface area is 77.1 Å². The van der Waals surface area contributed by atoms with Gasteiger partial charge in [0.1, 0.15) is 5.82 Å². The molecular formula is C4H11Cl2N5. The van der Waals surface area contributed by atoms with E-state index in [0.29, 0.717) is 12.4 Å². The lowest BCUT2D eigenvalue weighted by atomic mass is 10.5. The van der Waals surface area contributed by atoms with E-state index >= 15 is 0 Å². The average Bonchev–Trinajstić information content (AvgIpc) is 1.80. The van der Waals surface area contributed by atoms with Crippen LogP contribution in [-0.2, 0) is 0 Å². The van der Waals surface area contributed by atoms with E-state index in [1.165, 1.54) is 5.01 Å². The van der Waals surface area contributed by atoms with Gasteiger partial charge in [0.15, 0.2) is 0 Å².